The Morgan fingerprint density at radius 3 is 2.62 bits per heavy atom. The van der Waals surface area contributed by atoms with E-state index in [9.17, 15) is 14.7 Å². The normalized spacial score (nSPS) is 24.5. The molecule has 1 unspecified atom stereocenters. The zero-order valence-electron chi connectivity index (χ0n) is 12.8. The van der Waals surface area contributed by atoms with Gasteiger partial charge in [0.1, 0.15) is 0 Å². The lowest BCUT2D eigenvalue weighted by atomic mass is 9.86. The van der Waals surface area contributed by atoms with Crippen LogP contribution >= 0.6 is 0 Å². The molecule has 21 heavy (non-hydrogen) atoms. The first kappa shape index (κ1) is 16.1. The Morgan fingerprint density at radius 1 is 1.33 bits per heavy atom. The molecular weight excluding hydrogens is 272 g/mol. The molecule has 0 aromatic rings. The van der Waals surface area contributed by atoms with Crippen molar-refractivity contribution in [1.82, 2.24) is 10.2 Å². The van der Waals surface area contributed by atoms with Crippen molar-refractivity contribution in [2.24, 2.45) is 11.3 Å². The van der Waals surface area contributed by atoms with E-state index in [0.717, 1.165) is 32.3 Å². The molecule has 120 valence electrons. The predicted octanol–water partition coefficient (Wildman–Crippen LogP) is 1.70. The highest BCUT2D eigenvalue weighted by Crippen LogP contribution is 2.37. The minimum Gasteiger partial charge on any atom is -0.481 e. The van der Waals surface area contributed by atoms with Gasteiger partial charge in [0.2, 0.25) is 0 Å². The fourth-order valence-electron chi connectivity index (χ4n) is 3.32. The zero-order chi connectivity index (χ0) is 15.3. The summed E-state index contributed by atoms with van der Waals surface area (Å²) >= 11 is 0. The third kappa shape index (κ3) is 4.09. The second-order valence-electron chi connectivity index (χ2n) is 6.41. The Balaban J connectivity index is 1.78. The maximum atomic E-state index is 12.1. The van der Waals surface area contributed by atoms with E-state index in [1.54, 1.807) is 11.9 Å². The molecule has 0 aromatic heterocycles. The molecule has 2 fully saturated rings. The van der Waals surface area contributed by atoms with Crippen molar-refractivity contribution in [3.63, 3.8) is 0 Å². The Kier molecular flexibility index (Phi) is 5.45. The zero-order valence-corrected chi connectivity index (χ0v) is 12.8. The van der Waals surface area contributed by atoms with Crippen LogP contribution in [0.15, 0.2) is 0 Å². The Morgan fingerprint density at radius 2 is 2.05 bits per heavy atom. The molecule has 0 spiro atoms. The third-order valence-corrected chi connectivity index (χ3v) is 4.73. The van der Waals surface area contributed by atoms with E-state index < -0.39 is 11.4 Å². The topological polar surface area (TPSA) is 78.9 Å². The second kappa shape index (κ2) is 7.11. The molecule has 1 saturated heterocycles. The van der Waals surface area contributed by atoms with E-state index in [1.807, 2.05) is 0 Å². The SMILES string of the molecule is CN(CC1CCCOC1)C(=O)NCC1(C(=O)O)CCCC1. The highest BCUT2D eigenvalue weighted by atomic mass is 16.5. The van der Waals surface area contributed by atoms with Crippen LogP contribution in [0.1, 0.15) is 38.5 Å². The van der Waals surface area contributed by atoms with Crippen molar-refractivity contribution in [2.75, 3.05) is 33.4 Å². The summed E-state index contributed by atoms with van der Waals surface area (Å²) in [7, 11) is 1.76. The quantitative estimate of drug-likeness (QED) is 0.809. The number of carbonyl (C=O) groups excluding carboxylic acids is 1. The lowest BCUT2D eigenvalue weighted by Crippen LogP contribution is -2.47. The molecule has 1 aliphatic carbocycles. The summed E-state index contributed by atoms with van der Waals surface area (Å²) in [5, 5.41) is 12.2. The van der Waals surface area contributed by atoms with Crippen molar-refractivity contribution in [3.05, 3.63) is 0 Å². The Bertz CT molecular complexity index is 374. The highest BCUT2D eigenvalue weighted by Gasteiger charge is 2.41. The number of carbonyl (C=O) groups is 2. The molecule has 2 N–H and O–H groups in total. The van der Waals surface area contributed by atoms with Gasteiger partial charge in [-0.25, -0.2) is 4.79 Å². The van der Waals surface area contributed by atoms with E-state index in [0.29, 0.717) is 31.9 Å². The van der Waals surface area contributed by atoms with Gasteiger partial charge in [0.05, 0.1) is 12.0 Å². The third-order valence-electron chi connectivity index (χ3n) is 4.73. The number of hydrogen-bond acceptors (Lipinski definition) is 3. The number of nitrogens with one attached hydrogen (secondary N) is 1. The van der Waals surface area contributed by atoms with Crippen molar-refractivity contribution in [1.29, 1.82) is 0 Å². The molecule has 2 amide bonds. The van der Waals surface area contributed by atoms with Gasteiger partial charge in [-0.15, -0.1) is 0 Å². The first-order chi connectivity index (χ1) is 10.0. The maximum absolute atomic E-state index is 12.1. The average molecular weight is 298 g/mol. The summed E-state index contributed by atoms with van der Waals surface area (Å²) in [5.41, 5.74) is -0.759. The monoisotopic (exact) mass is 298 g/mol. The molecule has 1 aliphatic heterocycles. The summed E-state index contributed by atoms with van der Waals surface area (Å²) in [6.07, 6.45) is 5.29. The van der Waals surface area contributed by atoms with Gasteiger partial charge in [-0.3, -0.25) is 4.79 Å². The average Bonchev–Trinajstić information content (AvgIpc) is 2.96. The van der Waals surface area contributed by atoms with Crippen LogP contribution < -0.4 is 5.32 Å². The van der Waals surface area contributed by atoms with E-state index in [4.69, 9.17) is 4.74 Å². The molecule has 0 radical (unpaired) electrons. The molecule has 2 aliphatic rings. The number of carboxylic acid groups (broad SMARTS) is 1. The van der Waals surface area contributed by atoms with E-state index in [2.05, 4.69) is 5.32 Å². The minimum atomic E-state index is -0.788. The molecule has 1 heterocycles. The summed E-state index contributed by atoms with van der Waals surface area (Å²) < 4.78 is 5.42. The number of hydrogen-bond donors (Lipinski definition) is 2. The van der Waals surface area contributed by atoms with Crippen molar-refractivity contribution >= 4 is 12.0 Å². The minimum absolute atomic E-state index is 0.187. The van der Waals surface area contributed by atoms with Gasteiger partial charge >= 0.3 is 12.0 Å². The number of urea groups is 1. The van der Waals surface area contributed by atoms with Crippen LogP contribution in [0.4, 0.5) is 4.79 Å². The highest BCUT2D eigenvalue weighted by molar-refractivity contribution is 5.78. The van der Waals surface area contributed by atoms with Gasteiger partial charge in [-0.05, 0) is 25.7 Å². The van der Waals surface area contributed by atoms with Crippen LogP contribution in [-0.2, 0) is 9.53 Å². The molecular formula is C15H26N2O4. The van der Waals surface area contributed by atoms with Crippen LogP contribution in [0.3, 0.4) is 0 Å². The van der Waals surface area contributed by atoms with Gasteiger partial charge in [-0.2, -0.15) is 0 Å². The summed E-state index contributed by atoms with van der Waals surface area (Å²) in [4.78, 5) is 25.2. The molecule has 2 rings (SSSR count). The van der Waals surface area contributed by atoms with Gasteiger partial charge in [0.15, 0.2) is 0 Å². The largest absolute Gasteiger partial charge is 0.481 e. The van der Waals surface area contributed by atoms with Crippen molar-refractivity contribution < 1.29 is 19.4 Å². The molecule has 0 aromatic carbocycles. The number of aliphatic carboxylic acids is 1. The molecule has 1 atom stereocenters. The lowest BCUT2D eigenvalue weighted by Gasteiger charge is -2.29. The van der Waals surface area contributed by atoms with Crippen LogP contribution in [0.25, 0.3) is 0 Å². The molecule has 0 bridgehead atoms. The van der Waals surface area contributed by atoms with Gasteiger partial charge < -0.3 is 20.1 Å². The Labute approximate surface area is 125 Å². The Hall–Kier alpha value is -1.30. The maximum Gasteiger partial charge on any atom is 0.317 e. The first-order valence-corrected chi connectivity index (χ1v) is 7.84. The smallest absolute Gasteiger partial charge is 0.317 e. The van der Waals surface area contributed by atoms with E-state index in [-0.39, 0.29) is 12.6 Å². The van der Waals surface area contributed by atoms with Gasteiger partial charge in [-0.1, -0.05) is 12.8 Å². The number of rotatable bonds is 5. The number of amides is 2. The standard InChI is InChI=1S/C15H26N2O4/c1-17(9-12-5-4-8-21-10-12)14(20)16-11-15(13(18)19)6-2-3-7-15/h12H,2-11H2,1H3,(H,16,20)(H,18,19). The fraction of sp³-hybridized carbons (Fsp3) is 0.867. The fourth-order valence-corrected chi connectivity index (χ4v) is 3.32. The van der Waals surface area contributed by atoms with E-state index >= 15 is 0 Å². The van der Waals surface area contributed by atoms with Crippen LogP contribution in [0.5, 0.6) is 0 Å². The van der Waals surface area contributed by atoms with Crippen LogP contribution in [-0.4, -0.2) is 55.4 Å². The first-order valence-electron chi connectivity index (χ1n) is 7.84. The number of carboxylic acids is 1. The van der Waals surface area contributed by atoms with E-state index in [1.165, 1.54) is 0 Å². The van der Waals surface area contributed by atoms with Crippen molar-refractivity contribution in [3.8, 4) is 0 Å². The number of nitrogens with zero attached hydrogens (tertiary/aromatic N) is 1. The molecule has 6 nitrogen and oxygen atoms in total. The second-order valence-corrected chi connectivity index (χ2v) is 6.41. The lowest BCUT2D eigenvalue weighted by molar-refractivity contribution is -0.148. The van der Waals surface area contributed by atoms with Crippen LogP contribution in [0.2, 0.25) is 0 Å². The molecule has 6 heteroatoms. The predicted molar refractivity (Wildman–Crippen MR) is 78.1 cm³/mol. The summed E-state index contributed by atoms with van der Waals surface area (Å²) in [6, 6.07) is -0.187. The summed E-state index contributed by atoms with van der Waals surface area (Å²) in [5.74, 6) is -0.405. The molecule has 1 saturated carbocycles. The van der Waals surface area contributed by atoms with Gasteiger partial charge in [0.25, 0.3) is 0 Å². The van der Waals surface area contributed by atoms with Crippen LogP contribution in [0, 0.1) is 11.3 Å². The summed E-state index contributed by atoms with van der Waals surface area (Å²) in [6.45, 7) is 2.41. The number of ether oxygens (including phenoxy) is 1. The van der Waals surface area contributed by atoms with Gasteiger partial charge in [0, 0.05) is 32.7 Å². The van der Waals surface area contributed by atoms with Crippen molar-refractivity contribution in [2.45, 2.75) is 38.5 Å².